The number of aromatic nitrogens is 5. The number of benzene rings is 1. The first-order chi connectivity index (χ1) is 12.7. The third kappa shape index (κ3) is 2.88. The van der Waals surface area contributed by atoms with Crippen LogP contribution in [0.2, 0.25) is 0 Å². The lowest BCUT2D eigenvalue weighted by atomic mass is 9.97. The van der Waals surface area contributed by atoms with Crippen LogP contribution in [0.4, 0.5) is 5.13 Å². The molecule has 0 radical (unpaired) electrons. The van der Waals surface area contributed by atoms with Crippen molar-refractivity contribution in [3.63, 3.8) is 0 Å². The lowest BCUT2D eigenvalue weighted by Crippen LogP contribution is -2.14. The average molecular weight is 366 g/mol. The molecule has 4 aromatic rings. The van der Waals surface area contributed by atoms with Crippen molar-refractivity contribution in [2.75, 3.05) is 12.4 Å². The van der Waals surface area contributed by atoms with Crippen molar-refractivity contribution in [3.05, 3.63) is 47.9 Å². The zero-order valence-corrected chi connectivity index (χ0v) is 14.8. The molecule has 1 aromatic carbocycles. The number of carbonyl (C=O) groups excluding carboxylic acids is 1. The smallest absolute Gasteiger partial charge is 0.295 e. The highest BCUT2D eigenvalue weighted by Crippen LogP contribution is 2.31. The zero-order chi connectivity index (χ0) is 18.1. The second kappa shape index (κ2) is 6.52. The van der Waals surface area contributed by atoms with Gasteiger partial charge in [0, 0.05) is 17.3 Å². The van der Waals surface area contributed by atoms with E-state index in [2.05, 4.69) is 30.7 Å². The van der Waals surface area contributed by atoms with E-state index in [1.807, 2.05) is 31.2 Å². The Morgan fingerprint density at radius 3 is 2.92 bits per heavy atom. The van der Waals surface area contributed by atoms with E-state index in [9.17, 15) is 4.79 Å². The van der Waals surface area contributed by atoms with Crippen molar-refractivity contribution >= 4 is 33.3 Å². The molecular weight excluding hydrogens is 352 g/mol. The molecule has 0 unspecified atom stereocenters. The molecule has 0 saturated heterocycles. The van der Waals surface area contributed by atoms with Gasteiger partial charge in [-0.05, 0) is 41.5 Å². The quantitative estimate of drug-likeness (QED) is 0.575. The third-order valence-corrected chi connectivity index (χ3v) is 4.66. The van der Waals surface area contributed by atoms with Gasteiger partial charge in [-0.1, -0.05) is 17.2 Å². The number of aromatic amines is 1. The number of nitrogens with zero attached hydrogens (tertiary/aromatic N) is 4. The first-order valence-corrected chi connectivity index (χ1v) is 8.55. The van der Waals surface area contributed by atoms with Gasteiger partial charge in [-0.2, -0.15) is 5.10 Å². The van der Waals surface area contributed by atoms with E-state index < -0.39 is 0 Å². The molecular formula is C17H14N6O2S. The van der Waals surface area contributed by atoms with Gasteiger partial charge < -0.3 is 4.74 Å². The minimum absolute atomic E-state index is 0.313. The lowest BCUT2D eigenvalue weighted by molar-refractivity contribution is 0.102. The molecule has 0 fully saturated rings. The summed E-state index contributed by atoms with van der Waals surface area (Å²) in [5.74, 6) is -0.313. The SMILES string of the molecule is COc1nnc(NC(=O)c2cnc(C)cc2-c2cccc3[nH]ncc23)s1. The Labute approximate surface area is 152 Å². The van der Waals surface area contributed by atoms with E-state index in [1.54, 1.807) is 12.4 Å². The molecule has 0 saturated carbocycles. The van der Waals surface area contributed by atoms with Gasteiger partial charge in [-0.15, -0.1) is 5.10 Å². The number of rotatable bonds is 4. The Hall–Kier alpha value is -3.33. The molecule has 0 spiro atoms. The van der Waals surface area contributed by atoms with Crippen LogP contribution in [0.25, 0.3) is 22.0 Å². The van der Waals surface area contributed by atoms with Crippen LogP contribution in [-0.2, 0) is 0 Å². The van der Waals surface area contributed by atoms with Crippen LogP contribution in [0.1, 0.15) is 16.1 Å². The predicted molar refractivity (Wildman–Crippen MR) is 98.5 cm³/mol. The maximum Gasteiger partial charge on any atom is 0.295 e. The van der Waals surface area contributed by atoms with Gasteiger partial charge in [0.05, 0.1) is 24.4 Å². The Balaban J connectivity index is 1.77. The number of hydrogen-bond acceptors (Lipinski definition) is 7. The lowest BCUT2D eigenvalue weighted by Gasteiger charge is -2.10. The van der Waals surface area contributed by atoms with E-state index in [0.717, 1.165) is 39.1 Å². The molecule has 0 aliphatic carbocycles. The summed E-state index contributed by atoms with van der Waals surface area (Å²) in [5.41, 5.74) is 3.84. The molecule has 130 valence electrons. The highest BCUT2D eigenvalue weighted by molar-refractivity contribution is 7.17. The summed E-state index contributed by atoms with van der Waals surface area (Å²) in [4.78, 5) is 17.1. The minimum atomic E-state index is -0.313. The molecule has 8 nitrogen and oxygen atoms in total. The normalized spacial score (nSPS) is 10.8. The van der Waals surface area contributed by atoms with Gasteiger partial charge in [-0.25, -0.2) is 0 Å². The van der Waals surface area contributed by atoms with Gasteiger partial charge in [0.1, 0.15) is 0 Å². The number of pyridine rings is 1. The summed E-state index contributed by atoms with van der Waals surface area (Å²) < 4.78 is 5.00. The fourth-order valence-electron chi connectivity index (χ4n) is 2.67. The van der Waals surface area contributed by atoms with E-state index >= 15 is 0 Å². The fourth-order valence-corrected chi connectivity index (χ4v) is 3.23. The molecule has 9 heteroatoms. The number of methoxy groups -OCH3 is 1. The second-order valence-corrected chi connectivity index (χ2v) is 6.48. The molecule has 1 amide bonds. The fraction of sp³-hybridized carbons (Fsp3) is 0.118. The molecule has 2 N–H and O–H groups in total. The van der Waals surface area contributed by atoms with E-state index in [0.29, 0.717) is 15.9 Å². The maximum absolute atomic E-state index is 12.8. The van der Waals surface area contributed by atoms with Gasteiger partial charge in [0.2, 0.25) is 5.13 Å². The molecule has 0 aliphatic heterocycles. The van der Waals surface area contributed by atoms with Gasteiger partial charge >= 0.3 is 0 Å². The Kier molecular flexibility index (Phi) is 4.05. The van der Waals surface area contributed by atoms with Crippen molar-refractivity contribution in [2.45, 2.75) is 6.92 Å². The van der Waals surface area contributed by atoms with E-state index in [1.165, 1.54) is 7.11 Å². The third-order valence-electron chi connectivity index (χ3n) is 3.86. The number of amides is 1. The molecule has 0 bridgehead atoms. The zero-order valence-electron chi connectivity index (χ0n) is 14.0. The topological polar surface area (TPSA) is 106 Å². The van der Waals surface area contributed by atoms with Crippen molar-refractivity contribution in [3.8, 4) is 16.3 Å². The molecule has 0 atom stereocenters. The van der Waals surface area contributed by atoms with Crippen LogP contribution in [0.3, 0.4) is 0 Å². The Morgan fingerprint density at radius 1 is 1.23 bits per heavy atom. The van der Waals surface area contributed by atoms with Crippen LogP contribution >= 0.6 is 11.3 Å². The average Bonchev–Trinajstić information content (AvgIpc) is 3.30. The van der Waals surface area contributed by atoms with Gasteiger partial charge in [0.15, 0.2) is 0 Å². The molecule has 3 heterocycles. The summed E-state index contributed by atoms with van der Waals surface area (Å²) in [6.07, 6.45) is 3.31. The molecule has 4 rings (SSSR count). The Morgan fingerprint density at radius 2 is 2.12 bits per heavy atom. The van der Waals surface area contributed by atoms with Crippen molar-refractivity contribution in [1.29, 1.82) is 0 Å². The summed E-state index contributed by atoms with van der Waals surface area (Å²) in [6, 6.07) is 7.70. The monoisotopic (exact) mass is 366 g/mol. The predicted octanol–water partition coefficient (Wildman–Crippen LogP) is 3.05. The number of anilines is 1. The van der Waals surface area contributed by atoms with Crippen molar-refractivity contribution < 1.29 is 9.53 Å². The Bertz CT molecular complexity index is 1100. The van der Waals surface area contributed by atoms with Crippen molar-refractivity contribution in [2.24, 2.45) is 0 Å². The van der Waals surface area contributed by atoms with Crippen LogP contribution in [-0.4, -0.2) is 38.4 Å². The van der Waals surface area contributed by atoms with Crippen LogP contribution in [0.15, 0.2) is 36.7 Å². The summed E-state index contributed by atoms with van der Waals surface area (Å²) in [5, 5.41) is 19.2. The summed E-state index contributed by atoms with van der Waals surface area (Å²) >= 11 is 1.15. The number of aryl methyl sites for hydroxylation is 1. The van der Waals surface area contributed by atoms with E-state index in [-0.39, 0.29) is 5.91 Å². The van der Waals surface area contributed by atoms with Crippen LogP contribution < -0.4 is 10.1 Å². The largest absolute Gasteiger partial charge is 0.472 e. The molecule has 3 aromatic heterocycles. The number of fused-ring (bicyclic) bond motifs is 1. The standard InChI is InChI=1S/C17H14N6O2S/c1-9-6-11(10-4-3-5-14-12(10)8-19-21-14)13(7-18-9)15(24)20-16-22-23-17(25-2)26-16/h3-8H,1-2H3,(H,19,21)(H,20,22,24). The highest BCUT2D eigenvalue weighted by Gasteiger charge is 2.18. The molecule has 26 heavy (non-hydrogen) atoms. The molecule has 0 aliphatic rings. The highest BCUT2D eigenvalue weighted by atomic mass is 32.1. The van der Waals surface area contributed by atoms with Crippen LogP contribution in [0.5, 0.6) is 5.19 Å². The van der Waals surface area contributed by atoms with E-state index in [4.69, 9.17) is 4.74 Å². The first-order valence-electron chi connectivity index (χ1n) is 7.73. The van der Waals surface area contributed by atoms with Gasteiger partial charge in [0.25, 0.3) is 11.1 Å². The number of nitrogens with one attached hydrogen (secondary N) is 2. The summed E-state index contributed by atoms with van der Waals surface area (Å²) in [7, 11) is 1.50. The number of hydrogen-bond donors (Lipinski definition) is 2. The number of carbonyl (C=O) groups is 1. The van der Waals surface area contributed by atoms with Crippen molar-refractivity contribution in [1.82, 2.24) is 25.4 Å². The number of H-pyrrole nitrogens is 1. The minimum Gasteiger partial charge on any atom is -0.472 e. The van der Waals surface area contributed by atoms with Crippen LogP contribution in [0, 0.1) is 6.92 Å². The first kappa shape index (κ1) is 16.2. The van der Waals surface area contributed by atoms with Gasteiger partial charge in [-0.3, -0.25) is 20.2 Å². The second-order valence-electron chi connectivity index (χ2n) is 5.54. The number of ether oxygens (including phenoxy) is 1. The maximum atomic E-state index is 12.8. The summed E-state index contributed by atoms with van der Waals surface area (Å²) in [6.45, 7) is 1.89.